The van der Waals surface area contributed by atoms with Crippen LogP contribution in [0.5, 0.6) is 0 Å². The number of fused-ring (bicyclic) bond motifs is 1. The van der Waals surface area contributed by atoms with Gasteiger partial charge in [-0.25, -0.2) is 14.8 Å². The third-order valence-corrected chi connectivity index (χ3v) is 8.01. The Morgan fingerprint density at radius 2 is 1.82 bits per heavy atom. The van der Waals surface area contributed by atoms with Crippen molar-refractivity contribution in [3.63, 3.8) is 0 Å². The molecule has 1 atom stereocenters. The molecular weight excluding hydrogens is 529 g/mol. The van der Waals surface area contributed by atoms with E-state index < -0.39 is 5.76 Å². The first kappa shape index (κ1) is 25.3. The average molecular weight is 558 g/mol. The lowest BCUT2D eigenvalue weighted by Crippen LogP contribution is -2.45. The number of ether oxygens (including phenoxy) is 1. The fourth-order valence-electron chi connectivity index (χ4n) is 5.53. The number of halogens is 2. The quantitative estimate of drug-likeness (QED) is 0.356. The van der Waals surface area contributed by atoms with Crippen LogP contribution in [-0.2, 0) is 11.3 Å². The highest BCUT2D eigenvalue weighted by Gasteiger charge is 2.30. The van der Waals surface area contributed by atoms with Gasteiger partial charge in [0.1, 0.15) is 11.2 Å². The van der Waals surface area contributed by atoms with E-state index in [4.69, 9.17) is 47.4 Å². The molecule has 1 aliphatic carbocycles. The van der Waals surface area contributed by atoms with E-state index in [0.29, 0.717) is 40.5 Å². The summed E-state index contributed by atoms with van der Waals surface area (Å²) in [5.74, 6) is 1.75. The zero-order chi connectivity index (χ0) is 26.4. The molecule has 1 saturated carbocycles. The van der Waals surface area contributed by atoms with E-state index in [2.05, 4.69) is 33.5 Å². The zero-order valence-electron chi connectivity index (χ0n) is 21.3. The summed E-state index contributed by atoms with van der Waals surface area (Å²) in [4.78, 5) is 31.2. The smallest absolute Gasteiger partial charge is 0.377 e. The Labute approximate surface area is 229 Å². The standard InChI is InChI=1S/C26H29Cl2N7O3/c1-14-3-5-16(6-4-14)12-35-21-20(17-9-18(27)11-19(28)10-17)29-23(24-32-26(36)38-33-24)30-22(21)31-25(35)34-7-8-37-13-15(34)2/h9-11,14-16H,3-8,12-13H2,1-2H3,(H,32,33,36)/t14?,15-,16?/m1/s1. The first-order valence-corrected chi connectivity index (χ1v) is 13.8. The fourth-order valence-corrected chi connectivity index (χ4v) is 6.06. The number of imidazole rings is 1. The Hall–Kier alpha value is -2.95. The summed E-state index contributed by atoms with van der Waals surface area (Å²) in [5, 5.41) is 4.79. The first-order valence-electron chi connectivity index (χ1n) is 13.0. The summed E-state index contributed by atoms with van der Waals surface area (Å²) in [6, 6.07) is 5.47. The number of aromatic amines is 1. The number of benzene rings is 1. The van der Waals surface area contributed by atoms with Crippen molar-refractivity contribution >= 4 is 40.3 Å². The average Bonchev–Trinajstić information content (AvgIpc) is 3.48. The number of H-pyrrole nitrogens is 1. The molecule has 4 heterocycles. The van der Waals surface area contributed by atoms with Crippen molar-refractivity contribution < 1.29 is 9.26 Å². The van der Waals surface area contributed by atoms with Gasteiger partial charge in [0.25, 0.3) is 0 Å². The molecule has 0 radical (unpaired) electrons. The van der Waals surface area contributed by atoms with E-state index in [1.165, 1.54) is 12.8 Å². The second kappa shape index (κ2) is 10.3. The highest BCUT2D eigenvalue weighted by atomic mass is 35.5. The molecule has 2 aliphatic rings. The van der Waals surface area contributed by atoms with Crippen molar-refractivity contribution in [3.05, 3.63) is 38.8 Å². The number of nitrogens with zero attached hydrogens (tertiary/aromatic N) is 6. The summed E-state index contributed by atoms with van der Waals surface area (Å²) >= 11 is 12.8. The van der Waals surface area contributed by atoms with Crippen LogP contribution in [0.1, 0.15) is 39.5 Å². The second-order valence-electron chi connectivity index (χ2n) is 10.4. The molecule has 200 valence electrons. The third kappa shape index (κ3) is 4.92. The van der Waals surface area contributed by atoms with Crippen molar-refractivity contribution in [1.29, 1.82) is 0 Å². The molecule has 38 heavy (non-hydrogen) atoms. The topological polar surface area (TPSA) is 115 Å². The van der Waals surface area contributed by atoms with Crippen molar-refractivity contribution in [2.24, 2.45) is 11.8 Å². The zero-order valence-corrected chi connectivity index (χ0v) is 22.8. The van der Waals surface area contributed by atoms with Crippen LogP contribution in [0.15, 0.2) is 27.5 Å². The fraction of sp³-hybridized carbons (Fsp3) is 0.500. The molecule has 0 amide bonds. The molecule has 3 aromatic heterocycles. The minimum atomic E-state index is -0.684. The first-order chi connectivity index (χ1) is 18.4. The molecule has 1 aromatic carbocycles. The predicted molar refractivity (Wildman–Crippen MR) is 146 cm³/mol. The molecule has 4 aromatic rings. The molecule has 2 fully saturated rings. The summed E-state index contributed by atoms with van der Waals surface area (Å²) in [7, 11) is 0. The molecule has 0 spiro atoms. The van der Waals surface area contributed by atoms with Crippen molar-refractivity contribution in [3.8, 4) is 22.9 Å². The maximum absolute atomic E-state index is 11.7. The third-order valence-electron chi connectivity index (χ3n) is 7.57. The Kier molecular flexibility index (Phi) is 6.88. The van der Waals surface area contributed by atoms with Gasteiger partial charge < -0.3 is 14.2 Å². The minimum absolute atomic E-state index is 0.128. The van der Waals surface area contributed by atoms with Crippen LogP contribution in [0.4, 0.5) is 5.95 Å². The number of rotatable bonds is 5. The molecule has 0 unspecified atom stereocenters. The second-order valence-corrected chi connectivity index (χ2v) is 11.3. The molecule has 0 bridgehead atoms. The monoisotopic (exact) mass is 557 g/mol. The van der Waals surface area contributed by atoms with Crippen LogP contribution < -0.4 is 10.7 Å². The summed E-state index contributed by atoms with van der Waals surface area (Å²) in [6.45, 7) is 7.24. The van der Waals surface area contributed by atoms with Crippen LogP contribution in [0.2, 0.25) is 10.0 Å². The Balaban J connectivity index is 1.59. The van der Waals surface area contributed by atoms with E-state index in [0.717, 1.165) is 48.9 Å². The van der Waals surface area contributed by atoms with Gasteiger partial charge >= 0.3 is 5.76 Å². The maximum Gasteiger partial charge on any atom is 0.439 e. The lowest BCUT2D eigenvalue weighted by molar-refractivity contribution is 0.0976. The predicted octanol–water partition coefficient (Wildman–Crippen LogP) is 5.19. The van der Waals surface area contributed by atoms with Crippen molar-refractivity contribution in [2.45, 2.75) is 52.1 Å². The van der Waals surface area contributed by atoms with E-state index in [-0.39, 0.29) is 17.7 Å². The molecule has 12 heteroatoms. The maximum atomic E-state index is 11.7. The number of anilines is 1. The van der Waals surface area contributed by atoms with Crippen LogP contribution in [0, 0.1) is 11.8 Å². The molecule has 1 saturated heterocycles. The minimum Gasteiger partial charge on any atom is -0.377 e. The Bertz CT molecular complexity index is 1500. The van der Waals surface area contributed by atoms with Gasteiger partial charge in [-0.2, -0.15) is 4.98 Å². The van der Waals surface area contributed by atoms with Crippen molar-refractivity contribution in [1.82, 2.24) is 29.7 Å². The number of aromatic nitrogens is 6. The SMILES string of the molecule is CC1CCC(Cn2c(N3CCOC[C@H]3C)nc3nc(-c4noc(=O)[nH]4)nc(-c4cc(Cl)cc(Cl)c4)c32)CC1. The van der Waals surface area contributed by atoms with Gasteiger partial charge in [-0.3, -0.25) is 9.51 Å². The molecule has 1 aliphatic heterocycles. The number of hydrogen-bond acceptors (Lipinski definition) is 8. The highest BCUT2D eigenvalue weighted by Crippen LogP contribution is 2.37. The van der Waals surface area contributed by atoms with E-state index >= 15 is 0 Å². The van der Waals surface area contributed by atoms with Gasteiger partial charge in [0.15, 0.2) is 5.65 Å². The van der Waals surface area contributed by atoms with Gasteiger partial charge in [0.2, 0.25) is 17.6 Å². The normalized spacial score (nSPS) is 22.3. The van der Waals surface area contributed by atoms with Gasteiger partial charge in [0.05, 0.1) is 19.3 Å². The summed E-state index contributed by atoms with van der Waals surface area (Å²) < 4.78 is 12.7. The van der Waals surface area contributed by atoms with Gasteiger partial charge in [-0.15, -0.1) is 0 Å². The van der Waals surface area contributed by atoms with E-state index in [1.807, 2.05) is 12.1 Å². The van der Waals surface area contributed by atoms with Crippen LogP contribution >= 0.6 is 23.2 Å². The number of hydrogen-bond donors (Lipinski definition) is 1. The van der Waals surface area contributed by atoms with Crippen LogP contribution in [0.25, 0.3) is 34.1 Å². The molecule has 10 nitrogen and oxygen atoms in total. The molecule has 6 rings (SSSR count). The van der Waals surface area contributed by atoms with Gasteiger partial charge in [-0.1, -0.05) is 48.1 Å². The lowest BCUT2D eigenvalue weighted by Gasteiger charge is -2.35. The highest BCUT2D eigenvalue weighted by molar-refractivity contribution is 6.35. The largest absolute Gasteiger partial charge is 0.439 e. The van der Waals surface area contributed by atoms with E-state index in [9.17, 15) is 4.79 Å². The molecule has 1 N–H and O–H groups in total. The lowest BCUT2D eigenvalue weighted by atomic mass is 9.83. The van der Waals surface area contributed by atoms with Gasteiger partial charge in [0, 0.05) is 28.7 Å². The van der Waals surface area contributed by atoms with Crippen LogP contribution in [0.3, 0.4) is 0 Å². The number of morpholine rings is 1. The number of nitrogens with one attached hydrogen (secondary N) is 1. The van der Waals surface area contributed by atoms with Crippen molar-refractivity contribution in [2.75, 3.05) is 24.7 Å². The summed E-state index contributed by atoms with van der Waals surface area (Å²) in [5.41, 5.74) is 2.64. The van der Waals surface area contributed by atoms with Gasteiger partial charge in [-0.05, 0) is 49.8 Å². The van der Waals surface area contributed by atoms with Crippen LogP contribution in [-0.4, -0.2) is 55.5 Å². The summed E-state index contributed by atoms with van der Waals surface area (Å²) in [6.07, 6.45) is 4.77. The Morgan fingerprint density at radius 1 is 1.05 bits per heavy atom. The Morgan fingerprint density at radius 3 is 2.50 bits per heavy atom. The van der Waals surface area contributed by atoms with E-state index in [1.54, 1.807) is 6.07 Å². The molecular formula is C26H29Cl2N7O3.